The summed E-state index contributed by atoms with van der Waals surface area (Å²) >= 11 is 2.88. The Kier molecular flexibility index (Phi) is 18.5. The number of hydrogen-bond acceptors (Lipinski definition) is 13. The van der Waals surface area contributed by atoms with Gasteiger partial charge in [-0.2, -0.15) is 0 Å². The van der Waals surface area contributed by atoms with Gasteiger partial charge in [0.15, 0.2) is 0 Å². The monoisotopic (exact) mass is 942 g/mol. The molecule has 0 spiro atoms. The fraction of sp³-hybridized carbons (Fsp3) is 0.400. The van der Waals surface area contributed by atoms with Gasteiger partial charge in [-0.15, -0.1) is 23.5 Å². The lowest BCUT2D eigenvalue weighted by Gasteiger charge is -2.34. The second-order valence-electron chi connectivity index (χ2n) is 16.3. The molecular weight excluding hydrogens is 885 g/mol. The van der Waals surface area contributed by atoms with E-state index in [1.54, 1.807) is 73.1 Å². The molecule has 0 saturated carbocycles. The highest BCUT2D eigenvalue weighted by atomic mass is 32.2. The molecule has 4 aromatic rings. The molecule has 0 radical (unpaired) electrons. The number of hydrogen-bond donors (Lipinski definition) is 1. The SMILES string of the molecule is CCOC(=O)c1ccc2c(c1)N(CC(=O)O)C(=O)[C@H](CCCc1ccc(OC)cc1)S2.CCOC(=O)c1ccc2c(c1)N(CC(=O)OC(C)(C)C)C(=O)[C@H](CCCc1ccc(OC)cc1)S2. The number of carboxylic acids is 1. The van der Waals surface area contributed by atoms with Gasteiger partial charge in [-0.1, -0.05) is 24.3 Å². The van der Waals surface area contributed by atoms with E-state index >= 15 is 0 Å². The van der Waals surface area contributed by atoms with E-state index in [1.165, 1.54) is 45.0 Å². The maximum Gasteiger partial charge on any atom is 0.338 e. The van der Waals surface area contributed by atoms with Gasteiger partial charge in [0.25, 0.3) is 0 Å². The number of carboxylic acid groups (broad SMARTS) is 1. The number of carbonyl (C=O) groups is 6. The summed E-state index contributed by atoms with van der Waals surface area (Å²) in [6.07, 6.45) is 4.50. The van der Waals surface area contributed by atoms with Gasteiger partial charge in [0.05, 0.1) is 60.4 Å². The number of rotatable bonds is 18. The third-order valence-corrected chi connectivity index (χ3v) is 13.0. The maximum absolute atomic E-state index is 13.5. The van der Waals surface area contributed by atoms with Crippen molar-refractivity contribution in [2.45, 2.75) is 99.0 Å². The number of nitrogens with zero attached hydrogens (tertiary/aromatic N) is 2. The quantitative estimate of drug-likeness (QED) is 0.0740. The second-order valence-corrected chi connectivity index (χ2v) is 18.8. The first-order valence-electron chi connectivity index (χ1n) is 21.8. The van der Waals surface area contributed by atoms with Crippen LogP contribution in [0.3, 0.4) is 0 Å². The number of fused-ring (bicyclic) bond motifs is 2. The summed E-state index contributed by atoms with van der Waals surface area (Å²) in [6, 6.07) is 25.8. The van der Waals surface area contributed by atoms with E-state index in [-0.39, 0.29) is 42.1 Å². The zero-order valence-corrected chi connectivity index (χ0v) is 40.1. The number of carbonyl (C=O) groups excluding carboxylic acids is 5. The van der Waals surface area contributed by atoms with Crippen LogP contribution < -0.4 is 19.3 Å². The average molecular weight is 943 g/mol. The molecule has 0 aliphatic carbocycles. The minimum Gasteiger partial charge on any atom is -0.497 e. The van der Waals surface area contributed by atoms with Crippen molar-refractivity contribution in [3.05, 3.63) is 107 Å². The molecule has 0 bridgehead atoms. The van der Waals surface area contributed by atoms with Crippen LogP contribution in [0.5, 0.6) is 11.5 Å². The average Bonchev–Trinajstić information content (AvgIpc) is 3.28. The van der Waals surface area contributed by atoms with Crippen molar-refractivity contribution in [3.8, 4) is 11.5 Å². The Hall–Kier alpha value is -6.00. The van der Waals surface area contributed by atoms with Crippen LogP contribution in [0.1, 0.15) is 92.1 Å². The number of ether oxygens (including phenoxy) is 5. The molecule has 1 N–H and O–H groups in total. The number of methoxy groups -OCH3 is 2. The van der Waals surface area contributed by atoms with Crippen molar-refractivity contribution in [1.29, 1.82) is 0 Å². The van der Waals surface area contributed by atoms with E-state index in [9.17, 15) is 33.9 Å². The highest BCUT2D eigenvalue weighted by molar-refractivity contribution is 8.01. The van der Waals surface area contributed by atoms with Crippen LogP contribution in [-0.2, 0) is 46.2 Å². The van der Waals surface area contributed by atoms with Crippen molar-refractivity contribution in [2.75, 3.05) is 50.3 Å². The Morgan fingerprint density at radius 3 is 1.39 bits per heavy atom. The molecule has 0 saturated heterocycles. The van der Waals surface area contributed by atoms with E-state index in [4.69, 9.17) is 23.7 Å². The molecule has 352 valence electrons. The zero-order chi connectivity index (χ0) is 48.0. The van der Waals surface area contributed by atoms with Crippen molar-refractivity contribution in [2.24, 2.45) is 0 Å². The number of benzene rings is 4. The summed E-state index contributed by atoms with van der Waals surface area (Å²) in [5, 5.41) is 8.61. The van der Waals surface area contributed by atoms with Gasteiger partial charge in [0.2, 0.25) is 11.8 Å². The Morgan fingerprint density at radius 2 is 1.03 bits per heavy atom. The molecular formula is C50H58N2O12S2. The van der Waals surface area contributed by atoms with E-state index < -0.39 is 36.0 Å². The Balaban J connectivity index is 0.000000249. The van der Waals surface area contributed by atoms with Gasteiger partial charge in [-0.25, -0.2) is 9.59 Å². The van der Waals surface area contributed by atoms with Crippen LogP contribution in [0, 0.1) is 0 Å². The fourth-order valence-corrected chi connectivity index (χ4v) is 9.74. The van der Waals surface area contributed by atoms with Crippen molar-refractivity contribution >= 4 is 70.6 Å². The van der Waals surface area contributed by atoms with Crippen molar-refractivity contribution in [1.82, 2.24) is 0 Å². The Morgan fingerprint density at radius 1 is 0.621 bits per heavy atom. The van der Waals surface area contributed by atoms with Crippen molar-refractivity contribution in [3.63, 3.8) is 0 Å². The van der Waals surface area contributed by atoms with Crippen LogP contribution in [0.4, 0.5) is 11.4 Å². The predicted octanol–water partition coefficient (Wildman–Crippen LogP) is 8.83. The summed E-state index contributed by atoms with van der Waals surface area (Å²) in [4.78, 5) is 79.3. The van der Waals surface area contributed by atoms with Crippen LogP contribution in [-0.4, -0.2) is 97.4 Å². The van der Waals surface area contributed by atoms with Gasteiger partial charge in [0, 0.05) is 9.79 Å². The minimum absolute atomic E-state index is 0.163. The minimum atomic E-state index is -1.11. The van der Waals surface area contributed by atoms with Crippen molar-refractivity contribution < 1.29 is 57.6 Å². The molecule has 2 amide bonds. The number of aryl methyl sites for hydroxylation is 2. The lowest BCUT2D eigenvalue weighted by Crippen LogP contribution is -2.45. The Labute approximate surface area is 394 Å². The fourth-order valence-electron chi connectivity index (χ4n) is 7.23. The van der Waals surface area contributed by atoms with E-state index in [2.05, 4.69) is 0 Å². The number of thioether (sulfide) groups is 2. The predicted molar refractivity (Wildman–Crippen MR) is 254 cm³/mol. The first-order valence-corrected chi connectivity index (χ1v) is 23.6. The second kappa shape index (κ2) is 24.0. The van der Waals surface area contributed by atoms with Gasteiger partial charge < -0.3 is 28.8 Å². The topological polar surface area (TPSA) is 175 Å². The number of anilines is 2. The molecule has 6 rings (SSSR count). The van der Waals surface area contributed by atoms with E-state index in [0.29, 0.717) is 35.3 Å². The molecule has 2 aliphatic rings. The number of amides is 2. The normalized spacial score (nSPS) is 15.4. The van der Waals surface area contributed by atoms with Gasteiger partial charge in [-0.05, 0) is 145 Å². The van der Waals surface area contributed by atoms with Crippen LogP contribution in [0.2, 0.25) is 0 Å². The number of aliphatic carboxylic acids is 1. The lowest BCUT2D eigenvalue weighted by atomic mass is 10.1. The summed E-state index contributed by atoms with van der Waals surface area (Å²) in [6.45, 7) is 8.62. The Bertz CT molecular complexity index is 2350. The largest absolute Gasteiger partial charge is 0.497 e. The van der Waals surface area contributed by atoms with Gasteiger partial charge >= 0.3 is 23.9 Å². The highest BCUT2D eigenvalue weighted by Crippen LogP contribution is 2.43. The summed E-state index contributed by atoms with van der Waals surface area (Å²) in [5.41, 5.74) is 3.25. The molecule has 0 unspecified atom stereocenters. The third kappa shape index (κ3) is 14.2. The van der Waals surface area contributed by atoms with E-state index in [1.807, 2.05) is 54.6 Å². The van der Waals surface area contributed by atoms with Crippen LogP contribution >= 0.6 is 23.5 Å². The molecule has 2 aliphatic heterocycles. The molecule has 0 fully saturated rings. The van der Waals surface area contributed by atoms with Gasteiger partial charge in [0.1, 0.15) is 30.2 Å². The first-order chi connectivity index (χ1) is 31.5. The molecule has 14 nitrogen and oxygen atoms in total. The number of esters is 3. The van der Waals surface area contributed by atoms with Gasteiger partial charge in [-0.3, -0.25) is 29.0 Å². The molecule has 4 aromatic carbocycles. The summed E-state index contributed by atoms with van der Waals surface area (Å²) in [7, 11) is 3.26. The smallest absolute Gasteiger partial charge is 0.338 e. The summed E-state index contributed by atoms with van der Waals surface area (Å²) in [5.74, 6) is -1.38. The van der Waals surface area contributed by atoms with Crippen LogP contribution in [0.15, 0.2) is 94.7 Å². The lowest BCUT2D eigenvalue weighted by molar-refractivity contribution is -0.153. The molecule has 66 heavy (non-hydrogen) atoms. The molecule has 2 atom stereocenters. The van der Waals surface area contributed by atoms with E-state index in [0.717, 1.165) is 52.5 Å². The van der Waals surface area contributed by atoms with Crippen LogP contribution in [0.25, 0.3) is 0 Å². The first kappa shape index (κ1) is 51.0. The highest BCUT2D eigenvalue weighted by Gasteiger charge is 2.37. The standard InChI is InChI=1S/C27H33NO6S.C23H25NO6S/c1-6-33-26(31)19-12-15-22-21(16-19)28(17-24(29)34-27(2,3)4)25(30)23(35-22)9-7-8-18-10-13-20(32-5)14-11-18;1-3-30-23(28)16-9-12-19-18(13-16)24(14-21(25)26)22(27)20(31-19)6-4-5-15-7-10-17(29-2)11-8-15/h10-16,23H,6-9,17H2,1-5H3;7-13,20H,3-6,14H2,1-2H3,(H,25,26)/t23-;20-/m00/s1. The molecule has 16 heteroatoms. The molecule has 2 heterocycles. The maximum atomic E-state index is 13.5. The summed E-state index contributed by atoms with van der Waals surface area (Å²) < 4.78 is 26.0. The third-order valence-electron chi connectivity index (χ3n) is 10.3. The molecule has 0 aromatic heterocycles. The zero-order valence-electron chi connectivity index (χ0n) is 38.5.